The molecule has 2 amide bonds. The van der Waals surface area contributed by atoms with E-state index in [1.807, 2.05) is 89.2 Å². The maximum Gasteiger partial charge on any atom is 0.410 e. The molecular weight excluding hydrogens is 404 g/mol. The average Bonchev–Trinajstić information content (AvgIpc) is 3.14. The van der Waals surface area contributed by atoms with Crippen LogP contribution in [0.3, 0.4) is 0 Å². The van der Waals surface area contributed by atoms with Crippen LogP contribution in [0.2, 0.25) is 0 Å². The third-order valence-corrected chi connectivity index (χ3v) is 4.78. The molecule has 3 aromatic rings. The number of nitrogens with one attached hydrogen (secondary N) is 1. The number of rotatable bonds is 6. The van der Waals surface area contributed by atoms with Crippen LogP contribution in [-0.2, 0) is 11.3 Å². The lowest BCUT2D eigenvalue weighted by atomic mass is 10.1. The minimum atomic E-state index is -0.576. The summed E-state index contributed by atoms with van der Waals surface area (Å²) in [5, 5.41) is 7.41. The molecule has 1 N–H and O–H groups in total. The third-order valence-electron chi connectivity index (χ3n) is 4.78. The number of nitrogens with zero attached hydrogens (tertiary/aromatic N) is 3. The van der Waals surface area contributed by atoms with Crippen LogP contribution >= 0.6 is 0 Å². The number of anilines is 1. The monoisotopic (exact) mass is 434 g/mol. The fraction of sp³-hybridized carbons (Fsp3) is 0.320. The van der Waals surface area contributed by atoms with Crippen LogP contribution in [0.1, 0.15) is 49.4 Å². The minimum Gasteiger partial charge on any atom is -0.444 e. The largest absolute Gasteiger partial charge is 0.444 e. The fourth-order valence-electron chi connectivity index (χ4n) is 3.22. The lowest BCUT2D eigenvalue weighted by molar-refractivity contribution is 0.0245. The molecule has 0 saturated carbocycles. The first-order valence-electron chi connectivity index (χ1n) is 10.7. The smallest absolute Gasteiger partial charge is 0.410 e. The highest BCUT2D eigenvalue weighted by Gasteiger charge is 2.22. The van der Waals surface area contributed by atoms with E-state index in [1.54, 1.807) is 15.6 Å². The molecule has 168 valence electrons. The molecular formula is C25H30N4O3. The molecule has 1 aromatic heterocycles. The van der Waals surface area contributed by atoms with Crippen molar-refractivity contribution in [1.82, 2.24) is 14.7 Å². The summed E-state index contributed by atoms with van der Waals surface area (Å²) in [6.07, 6.45) is -0.390. The summed E-state index contributed by atoms with van der Waals surface area (Å²) in [7, 11) is 0. The van der Waals surface area contributed by atoms with E-state index in [9.17, 15) is 9.59 Å². The van der Waals surface area contributed by atoms with E-state index in [2.05, 4.69) is 10.4 Å². The Hall–Kier alpha value is -3.61. The second-order valence-corrected chi connectivity index (χ2v) is 8.52. The van der Waals surface area contributed by atoms with Gasteiger partial charge in [0.05, 0.1) is 12.2 Å². The van der Waals surface area contributed by atoms with Gasteiger partial charge < -0.3 is 15.0 Å². The second-order valence-electron chi connectivity index (χ2n) is 8.52. The number of para-hydroxylation sites is 2. The average molecular weight is 435 g/mol. The van der Waals surface area contributed by atoms with E-state index in [0.29, 0.717) is 24.5 Å². The van der Waals surface area contributed by atoms with Crippen molar-refractivity contribution in [3.05, 3.63) is 77.6 Å². The standard InChI is InChI=1S/C25H30N4O3/c1-6-28(24(31)32-25(3,4)5)17-19-12-10-11-15-21(19)26-23(30)22-16-18(2)29(27-22)20-13-8-7-9-14-20/h7-16H,6,17H2,1-5H3,(H,26,30). The van der Waals surface area contributed by atoms with E-state index in [-0.39, 0.29) is 5.91 Å². The van der Waals surface area contributed by atoms with E-state index >= 15 is 0 Å². The fourth-order valence-corrected chi connectivity index (χ4v) is 3.22. The number of amides is 2. The van der Waals surface area contributed by atoms with Crippen LogP contribution in [0.25, 0.3) is 5.69 Å². The normalized spacial score (nSPS) is 11.2. The highest BCUT2D eigenvalue weighted by molar-refractivity contribution is 6.03. The molecule has 0 bridgehead atoms. The molecule has 0 spiro atoms. The highest BCUT2D eigenvalue weighted by atomic mass is 16.6. The van der Waals surface area contributed by atoms with Gasteiger partial charge in [-0.25, -0.2) is 9.48 Å². The van der Waals surface area contributed by atoms with Crippen molar-refractivity contribution >= 4 is 17.7 Å². The number of ether oxygens (including phenoxy) is 1. The molecule has 1 heterocycles. The van der Waals surface area contributed by atoms with Crippen molar-refractivity contribution in [1.29, 1.82) is 0 Å². The Labute approximate surface area is 189 Å². The van der Waals surface area contributed by atoms with Gasteiger partial charge >= 0.3 is 6.09 Å². The number of benzene rings is 2. The number of hydrogen-bond acceptors (Lipinski definition) is 4. The van der Waals surface area contributed by atoms with E-state index in [0.717, 1.165) is 16.9 Å². The molecule has 32 heavy (non-hydrogen) atoms. The number of carbonyl (C=O) groups excluding carboxylic acids is 2. The van der Waals surface area contributed by atoms with Gasteiger partial charge in [0, 0.05) is 17.9 Å². The number of aromatic nitrogens is 2. The molecule has 0 saturated heterocycles. The number of carbonyl (C=O) groups is 2. The highest BCUT2D eigenvalue weighted by Crippen LogP contribution is 2.20. The topological polar surface area (TPSA) is 76.5 Å². The Morgan fingerprint density at radius 1 is 1.06 bits per heavy atom. The predicted octanol–water partition coefficient (Wildman–Crippen LogP) is 5.19. The summed E-state index contributed by atoms with van der Waals surface area (Å²) in [4.78, 5) is 27.1. The Bertz CT molecular complexity index is 1080. The van der Waals surface area contributed by atoms with Gasteiger partial charge in [0.2, 0.25) is 0 Å². The van der Waals surface area contributed by atoms with Crippen LogP contribution in [0, 0.1) is 6.92 Å². The van der Waals surface area contributed by atoms with Crippen LogP contribution in [0.4, 0.5) is 10.5 Å². The summed E-state index contributed by atoms with van der Waals surface area (Å²) < 4.78 is 7.24. The van der Waals surface area contributed by atoms with Gasteiger partial charge in [-0.3, -0.25) is 4.79 Å². The lowest BCUT2D eigenvalue weighted by Crippen LogP contribution is -2.36. The Morgan fingerprint density at radius 3 is 2.38 bits per heavy atom. The molecule has 0 aliphatic rings. The van der Waals surface area contributed by atoms with Gasteiger partial charge in [-0.15, -0.1) is 0 Å². The molecule has 0 radical (unpaired) electrons. The molecule has 7 heteroatoms. The van der Waals surface area contributed by atoms with Crippen LogP contribution in [-0.4, -0.2) is 38.8 Å². The Morgan fingerprint density at radius 2 is 1.72 bits per heavy atom. The van der Waals surface area contributed by atoms with E-state index < -0.39 is 11.7 Å². The van der Waals surface area contributed by atoms with Gasteiger partial charge in [-0.2, -0.15) is 5.10 Å². The summed E-state index contributed by atoms with van der Waals surface area (Å²) in [6.45, 7) is 10.1. The molecule has 0 unspecified atom stereocenters. The van der Waals surface area contributed by atoms with Crippen molar-refractivity contribution in [2.75, 3.05) is 11.9 Å². The molecule has 0 aliphatic heterocycles. The molecule has 2 aromatic carbocycles. The maximum absolute atomic E-state index is 12.9. The summed E-state index contributed by atoms with van der Waals surface area (Å²) in [5.74, 6) is -0.310. The third kappa shape index (κ3) is 5.75. The van der Waals surface area contributed by atoms with Crippen LogP contribution in [0.5, 0.6) is 0 Å². The molecule has 7 nitrogen and oxygen atoms in total. The Balaban J connectivity index is 1.78. The number of hydrogen-bond donors (Lipinski definition) is 1. The summed E-state index contributed by atoms with van der Waals surface area (Å²) >= 11 is 0. The number of aryl methyl sites for hydroxylation is 1. The van der Waals surface area contributed by atoms with E-state index in [4.69, 9.17) is 4.74 Å². The van der Waals surface area contributed by atoms with Gasteiger partial charge in [-0.1, -0.05) is 36.4 Å². The van der Waals surface area contributed by atoms with Gasteiger partial charge in [0.25, 0.3) is 5.91 Å². The van der Waals surface area contributed by atoms with Crippen molar-refractivity contribution < 1.29 is 14.3 Å². The summed E-state index contributed by atoms with van der Waals surface area (Å²) in [6, 6.07) is 18.8. The van der Waals surface area contributed by atoms with E-state index in [1.165, 1.54) is 0 Å². The van der Waals surface area contributed by atoms with Crippen molar-refractivity contribution in [2.45, 2.75) is 46.8 Å². The minimum absolute atomic E-state index is 0.310. The SMILES string of the molecule is CCN(Cc1ccccc1NC(=O)c1cc(C)n(-c2ccccc2)n1)C(=O)OC(C)(C)C. The first kappa shape index (κ1) is 23.1. The van der Waals surface area contributed by atoms with Crippen LogP contribution < -0.4 is 5.32 Å². The quantitative estimate of drug-likeness (QED) is 0.579. The van der Waals surface area contributed by atoms with Gasteiger partial charge in [0.15, 0.2) is 5.69 Å². The zero-order valence-electron chi connectivity index (χ0n) is 19.3. The molecule has 0 fully saturated rings. The molecule has 0 aliphatic carbocycles. The maximum atomic E-state index is 12.9. The lowest BCUT2D eigenvalue weighted by Gasteiger charge is -2.27. The van der Waals surface area contributed by atoms with Crippen molar-refractivity contribution in [3.8, 4) is 5.69 Å². The zero-order chi connectivity index (χ0) is 23.3. The first-order valence-corrected chi connectivity index (χ1v) is 10.7. The van der Waals surface area contributed by atoms with Gasteiger partial charge in [0.1, 0.15) is 5.60 Å². The van der Waals surface area contributed by atoms with Crippen molar-refractivity contribution in [2.24, 2.45) is 0 Å². The molecule has 0 atom stereocenters. The Kier molecular flexibility index (Phi) is 6.98. The van der Waals surface area contributed by atoms with Crippen LogP contribution in [0.15, 0.2) is 60.7 Å². The predicted molar refractivity (Wildman–Crippen MR) is 125 cm³/mol. The molecule has 3 rings (SSSR count). The summed E-state index contributed by atoms with van der Waals surface area (Å²) in [5.41, 5.74) is 2.94. The first-order chi connectivity index (χ1) is 15.2. The second kappa shape index (κ2) is 9.68. The van der Waals surface area contributed by atoms with Crippen molar-refractivity contribution in [3.63, 3.8) is 0 Å². The van der Waals surface area contributed by atoms with Gasteiger partial charge in [-0.05, 0) is 64.4 Å². The zero-order valence-corrected chi connectivity index (χ0v) is 19.3.